The zero-order chi connectivity index (χ0) is 15.3. The lowest BCUT2D eigenvalue weighted by Crippen LogP contribution is -2.27. The molecule has 4 N–H and O–H groups in total. The summed E-state index contributed by atoms with van der Waals surface area (Å²) < 4.78 is 5.15. The van der Waals surface area contributed by atoms with Crippen molar-refractivity contribution in [2.45, 2.75) is 38.8 Å². The van der Waals surface area contributed by atoms with Gasteiger partial charge in [0.1, 0.15) is 5.60 Å². The number of hydrogen-bond acceptors (Lipinski definition) is 4. The van der Waals surface area contributed by atoms with Crippen molar-refractivity contribution in [3.8, 4) is 0 Å². The lowest BCUT2D eigenvalue weighted by atomic mass is 10.1. The van der Waals surface area contributed by atoms with Crippen LogP contribution in [0.25, 0.3) is 0 Å². The first-order valence-electron chi connectivity index (χ1n) is 6.36. The molecule has 0 heterocycles. The number of ether oxygens (including phenoxy) is 1. The minimum Gasteiger partial charge on any atom is -0.444 e. The molecule has 1 rings (SSSR count). The average Bonchev–Trinajstić information content (AvgIpc) is 2.30. The number of carbonyl (C=O) groups is 1. The standard InChI is InChI=1S/C14H21ClN2O3/c1-14(2,3)20-13(19)17-12-5-4-9(7-11(12)15)6-10(16)8-18/h4-5,7,10,18H,6,8,16H2,1-3H3,(H,17,19). The summed E-state index contributed by atoms with van der Waals surface area (Å²) in [6.07, 6.45) is -0.0395. The quantitative estimate of drug-likeness (QED) is 0.798. The Hall–Kier alpha value is -1.30. The first-order chi connectivity index (χ1) is 9.21. The van der Waals surface area contributed by atoms with Gasteiger partial charge in [-0.2, -0.15) is 0 Å². The monoisotopic (exact) mass is 300 g/mol. The van der Waals surface area contributed by atoms with E-state index >= 15 is 0 Å². The number of hydrogen-bond donors (Lipinski definition) is 3. The van der Waals surface area contributed by atoms with Gasteiger partial charge in [0, 0.05) is 6.04 Å². The summed E-state index contributed by atoms with van der Waals surface area (Å²) in [4.78, 5) is 11.6. The molecule has 1 atom stereocenters. The van der Waals surface area contributed by atoms with Crippen molar-refractivity contribution in [3.63, 3.8) is 0 Å². The normalized spacial score (nSPS) is 12.9. The lowest BCUT2D eigenvalue weighted by molar-refractivity contribution is 0.0636. The van der Waals surface area contributed by atoms with Crippen LogP contribution in [0.2, 0.25) is 5.02 Å². The molecule has 20 heavy (non-hydrogen) atoms. The molecular formula is C14H21ClN2O3. The number of amides is 1. The van der Waals surface area contributed by atoms with Crippen LogP contribution in [0.3, 0.4) is 0 Å². The summed E-state index contributed by atoms with van der Waals surface area (Å²) in [5.74, 6) is 0. The molecule has 0 radical (unpaired) electrons. The van der Waals surface area contributed by atoms with E-state index in [2.05, 4.69) is 5.32 Å². The Labute approximate surface area is 124 Å². The fourth-order valence-electron chi connectivity index (χ4n) is 1.57. The van der Waals surface area contributed by atoms with Gasteiger partial charge in [-0.3, -0.25) is 5.32 Å². The van der Waals surface area contributed by atoms with Crippen LogP contribution in [0.5, 0.6) is 0 Å². The Balaban J connectivity index is 2.71. The van der Waals surface area contributed by atoms with Gasteiger partial charge in [-0.05, 0) is 44.9 Å². The number of nitrogens with one attached hydrogen (secondary N) is 1. The van der Waals surface area contributed by atoms with Gasteiger partial charge in [-0.15, -0.1) is 0 Å². The fourth-order valence-corrected chi connectivity index (χ4v) is 1.82. The molecule has 0 aliphatic heterocycles. The molecule has 6 heteroatoms. The molecule has 0 saturated carbocycles. The SMILES string of the molecule is CC(C)(C)OC(=O)Nc1ccc(CC(N)CO)cc1Cl. The highest BCUT2D eigenvalue weighted by Gasteiger charge is 2.17. The molecule has 1 aromatic rings. The van der Waals surface area contributed by atoms with Crippen LogP contribution < -0.4 is 11.1 Å². The van der Waals surface area contributed by atoms with Crippen molar-refractivity contribution in [2.24, 2.45) is 5.73 Å². The van der Waals surface area contributed by atoms with E-state index in [4.69, 9.17) is 27.2 Å². The van der Waals surface area contributed by atoms with Crippen LogP contribution in [0.4, 0.5) is 10.5 Å². The van der Waals surface area contributed by atoms with Crippen LogP contribution in [-0.4, -0.2) is 29.4 Å². The van der Waals surface area contributed by atoms with Gasteiger partial charge in [0.15, 0.2) is 0 Å². The van der Waals surface area contributed by atoms with E-state index in [-0.39, 0.29) is 12.6 Å². The van der Waals surface area contributed by atoms with Crippen molar-refractivity contribution in [3.05, 3.63) is 28.8 Å². The molecule has 0 aliphatic rings. The minimum absolute atomic E-state index is 0.0878. The van der Waals surface area contributed by atoms with E-state index in [1.165, 1.54) is 0 Å². The Morgan fingerprint density at radius 3 is 2.65 bits per heavy atom. The summed E-state index contributed by atoms with van der Waals surface area (Å²) in [6, 6.07) is 4.87. The first kappa shape index (κ1) is 16.8. The Morgan fingerprint density at radius 1 is 1.50 bits per heavy atom. The van der Waals surface area contributed by atoms with Gasteiger partial charge in [-0.1, -0.05) is 17.7 Å². The van der Waals surface area contributed by atoms with Gasteiger partial charge >= 0.3 is 6.09 Å². The molecule has 1 unspecified atom stereocenters. The number of carbonyl (C=O) groups excluding carboxylic acids is 1. The van der Waals surface area contributed by atoms with E-state index in [1.807, 2.05) is 0 Å². The molecular weight excluding hydrogens is 280 g/mol. The summed E-state index contributed by atoms with van der Waals surface area (Å²) >= 11 is 6.10. The summed E-state index contributed by atoms with van der Waals surface area (Å²) in [5.41, 5.74) is 6.46. The predicted octanol–water partition coefficient (Wildman–Crippen LogP) is 2.55. The summed E-state index contributed by atoms with van der Waals surface area (Å²) in [5, 5.41) is 11.9. The van der Waals surface area contributed by atoms with E-state index in [0.717, 1.165) is 5.56 Å². The van der Waals surface area contributed by atoms with Gasteiger partial charge in [0.2, 0.25) is 0 Å². The van der Waals surface area contributed by atoms with E-state index < -0.39 is 11.7 Å². The fraction of sp³-hybridized carbons (Fsp3) is 0.500. The lowest BCUT2D eigenvalue weighted by Gasteiger charge is -2.20. The van der Waals surface area contributed by atoms with Crippen LogP contribution in [0.1, 0.15) is 26.3 Å². The number of halogens is 1. The molecule has 0 aromatic heterocycles. The number of aliphatic hydroxyl groups is 1. The topological polar surface area (TPSA) is 84.6 Å². The second-order valence-electron chi connectivity index (χ2n) is 5.59. The summed E-state index contributed by atoms with van der Waals surface area (Å²) in [7, 11) is 0. The second-order valence-corrected chi connectivity index (χ2v) is 6.00. The third kappa shape index (κ3) is 5.77. The number of nitrogens with two attached hydrogens (primary N) is 1. The molecule has 0 spiro atoms. The third-order valence-electron chi connectivity index (χ3n) is 2.40. The zero-order valence-corrected chi connectivity index (χ0v) is 12.7. The minimum atomic E-state index is -0.565. The molecule has 1 amide bonds. The number of benzene rings is 1. The van der Waals surface area contributed by atoms with Crippen LogP contribution >= 0.6 is 11.6 Å². The van der Waals surface area contributed by atoms with Gasteiger partial charge in [0.05, 0.1) is 17.3 Å². The van der Waals surface area contributed by atoms with Crippen molar-refractivity contribution in [1.82, 2.24) is 0 Å². The maximum Gasteiger partial charge on any atom is 0.412 e. The predicted molar refractivity (Wildman–Crippen MR) is 80.1 cm³/mol. The number of anilines is 1. The summed E-state index contributed by atoms with van der Waals surface area (Å²) in [6.45, 7) is 5.27. The maximum atomic E-state index is 11.6. The molecule has 112 valence electrons. The zero-order valence-electron chi connectivity index (χ0n) is 11.9. The molecule has 0 fully saturated rings. The van der Waals surface area contributed by atoms with Crippen LogP contribution in [0, 0.1) is 0 Å². The van der Waals surface area contributed by atoms with Gasteiger partial charge < -0.3 is 15.6 Å². The Morgan fingerprint density at radius 2 is 2.15 bits per heavy atom. The first-order valence-corrected chi connectivity index (χ1v) is 6.74. The Bertz CT molecular complexity index is 472. The molecule has 0 aliphatic carbocycles. The maximum absolute atomic E-state index is 11.6. The highest BCUT2D eigenvalue weighted by molar-refractivity contribution is 6.33. The highest BCUT2D eigenvalue weighted by Crippen LogP contribution is 2.24. The molecule has 1 aromatic carbocycles. The van der Waals surface area contributed by atoms with E-state index in [9.17, 15) is 4.79 Å². The Kier molecular flexibility index (Phi) is 5.80. The molecule has 5 nitrogen and oxygen atoms in total. The van der Waals surface area contributed by atoms with Crippen LogP contribution in [-0.2, 0) is 11.2 Å². The van der Waals surface area contributed by atoms with Gasteiger partial charge in [-0.25, -0.2) is 4.79 Å². The third-order valence-corrected chi connectivity index (χ3v) is 2.71. The smallest absolute Gasteiger partial charge is 0.412 e. The van der Waals surface area contributed by atoms with Crippen molar-refractivity contribution >= 4 is 23.4 Å². The molecule has 0 bridgehead atoms. The van der Waals surface area contributed by atoms with Crippen molar-refractivity contribution in [2.75, 3.05) is 11.9 Å². The van der Waals surface area contributed by atoms with E-state index in [1.54, 1.807) is 39.0 Å². The molecule has 0 saturated heterocycles. The van der Waals surface area contributed by atoms with Crippen molar-refractivity contribution < 1.29 is 14.6 Å². The largest absolute Gasteiger partial charge is 0.444 e. The van der Waals surface area contributed by atoms with E-state index in [0.29, 0.717) is 17.1 Å². The second kappa shape index (κ2) is 6.92. The highest BCUT2D eigenvalue weighted by atomic mass is 35.5. The van der Waals surface area contributed by atoms with Gasteiger partial charge in [0.25, 0.3) is 0 Å². The van der Waals surface area contributed by atoms with Crippen LogP contribution in [0.15, 0.2) is 18.2 Å². The number of aliphatic hydroxyl groups excluding tert-OH is 1. The number of rotatable bonds is 4. The average molecular weight is 301 g/mol. The van der Waals surface area contributed by atoms with Crippen molar-refractivity contribution in [1.29, 1.82) is 0 Å².